The van der Waals surface area contributed by atoms with Crippen LogP contribution in [0.2, 0.25) is 0 Å². The van der Waals surface area contributed by atoms with Gasteiger partial charge in [0.25, 0.3) is 0 Å². The molecular weight excluding hydrogens is 236 g/mol. The first-order chi connectivity index (χ1) is 9.07. The van der Waals surface area contributed by atoms with Crippen LogP contribution in [0.5, 0.6) is 5.75 Å². The van der Waals surface area contributed by atoms with Crippen molar-refractivity contribution in [1.29, 1.82) is 0 Å². The first-order valence-electron chi connectivity index (χ1n) is 7.13. The van der Waals surface area contributed by atoms with Crippen LogP contribution in [0.15, 0.2) is 18.2 Å². The number of rotatable bonds is 6. The van der Waals surface area contributed by atoms with E-state index in [1.807, 2.05) is 7.05 Å². The normalized spacial score (nSPS) is 18.4. The number of methoxy groups -OCH3 is 1. The quantitative estimate of drug-likeness (QED) is 0.828. The monoisotopic (exact) mass is 262 g/mol. The minimum Gasteiger partial charge on any atom is -0.496 e. The van der Waals surface area contributed by atoms with Crippen LogP contribution < -0.4 is 15.8 Å². The van der Waals surface area contributed by atoms with E-state index in [1.165, 1.54) is 24.0 Å². The topological polar surface area (TPSA) is 47.3 Å². The summed E-state index contributed by atoms with van der Waals surface area (Å²) in [6, 6.07) is 6.86. The molecule has 3 nitrogen and oxygen atoms in total. The van der Waals surface area contributed by atoms with Crippen molar-refractivity contribution in [3.63, 3.8) is 0 Å². The molecule has 106 valence electrons. The molecule has 0 aromatic heterocycles. The molecule has 19 heavy (non-hydrogen) atoms. The lowest BCUT2D eigenvalue weighted by atomic mass is 9.88. The zero-order chi connectivity index (χ0) is 14.0. The Morgan fingerprint density at radius 3 is 2.47 bits per heavy atom. The van der Waals surface area contributed by atoms with Gasteiger partial charge in [-0.05, 0) is 44.0 Å². The van der Waals surface area contributed by atoms with Crippen LogP contribution in [0.3, 0.4) is 0 Å². The molecule has 0 spiro atoms. The molecule has 0 radical (unpaired) electrons. The lowest BCUT2D eigenvalue weighted by molar-refractivity contribution is 0.343. The largest absolute Gasteiger partial charge is 0.496 e. The molecule has 1 unspecified atom stereocenters. The van der Waals surface area contributed by atoms with Crippen molar-refractivity contribution in [2.45, 2.75) is 38.6 Å². The molecular formula is C16H26N2O. The number of benzene rings is 1. The van der Waals surface area contributed by atoms with Crippen molar-refractivity contribution < 1.29 is 4.74 Å². The van der Waals surface area contributed by atoms with E-state index in [-0.39, 0.29) is 11.5 Å². The molecule has 1 atom stereocenters. The molecule has 1 fully saturated rings. The standard InChI is InChI=1S/C16H26N2O/c1-11(2)12-5-6-13(14(9-12)19-4)15(18-3)16(10-17)7-8-16/h5-6,9,11,15,18H,7-8,10,17H2,1-4H3. The Bertz CT molecular complexity index is 438. The molecule has 1 saturated carbocycles. The fourth-order valence-electron chi connectivity index (χ4n) is 2.89. The molecule has 0 amide bonds. The van der Waals surface area contributed by atoms with E-state index < -0.39 is 0 Å². The van der Waals surface area contributed by atoms with Crippen LogP contribution in [0.1, 0.15) is 49.8 Å². The van der Waals surface area contributed by atoms with Crippen molar-refractivity contribution in [1.82, 2.24) is 5.32 Å². The Balaban J connectivity index is 2.37. The van der Waals surface area contributed by atoms with Crippen molar-refractivity contribution in [2.24, 2.45) is 11.1 Å². The zero-order valence-corrected chi connectivity index (χ0v) is 12.5. The van der Waals surface area contributed by atoms with E-state index in [4.69, 9.17) is 10.5 Å². The molecule has 1 aromatic rings. The highest BCUT2D eigenvalue weighted by Gasteiger charge is 2.48. The number of ether oxygens (including phenoxy) is 1. The minimum absolute atomic E-state index is 0.224. The van der Waals surface area contributed by atoms with Gasteiger partial charge < -0.3 is 15.8 Å². The Morgan fingerprint density at radius 2 is 2.05 bits per heavy atom. The summed E-state index contributed by atoms with van der Waals surface area (Å²) in [4.78, 5) is 0. The van der Waals surface area contributed by atoms with Crippen molar-refractivity contribution in [2.75, 3.05) is 20.7 Å². The third kappa shape index (κ3) is 2.63. The summed E-state index contributed by atoms with van der Waals surface area (Å²) >= 11 is 0. The van der Waals surface area contributed by atoms with E-state index in [1.54, 1.807) is 7.11 Å². The molecule has 0 heterocycles. The average Bonchev–Trinajstić information content (AvgIpc) is 3.20. The van der Waals surface area contributed by atoms with Gasteiger partial charge in [0.05, 0.1) is 7.11 Å². The fraction of sp³-hybridized carbons (Fsp3) is 0.625. The van der Waals surface area contributed by atoms with E-state index in [9.17, 15) is 0 Å². The fourth-order valence-corrected chi connectivity index (χ4v) is 2.89. The summed E-state index contributed by atoms with van der Waals surface area (Å²) in [6.07, 6.45) is 2.40. The van der Waals surface area contributed by atoms with E-state index in [0.29, 0.717) is 5.92 Å². The van der Waals surface area contributed by atoms with Gasteiger partial charge in [0, 0.05) is 17.0 Å². The highest BCUT2D eigenvalue weighted by atomic mass is 16.5. The Labute approximate surface area is 116 Å². The summed E-state index contributed by atoms with van der Waals surface area (Å²) in [5.41, 5.74) is 8.74. The van der Waals surface area contributed by atoms with Gasteiger partial charge in [0.2, 0.25) is 0 Å². The predicted octanol–water partition coefficient (Wildman–Crippen LogP) is 2.82. The first-order valence-corrected chi connectivity index (χ1v) is 7.13. The number of hydrogen-bond donors (Lipinski definition) is 2. The van der Waals surface area contributed by atoms with Gasteiger partial charge in [-0.15, -0.1) is 0 Å². The average molecular weight is 262 g/mol. The minimum atomic E-state index is 0.224. The predicted molar refractivity (Wildman–Crippen MR) is 79.6 cm³/mol. The maximum Gasteiger partial charge on any atom is 0.123 e. The summed E-state index contributed by atoms with van der Waals surface area (Å²) in [5, 5.41) is 3.44. The van der Waals surface area contributed by atoms with Crippen LogP contribution in [0.4, 0.5) is 0 Å². The second-order valence-corrected chi connectivity index (χ2v) is 5.94. The Kier molecular flexibility index (Phi) is 4.16. The van der Waals surface area contributed by atoms with Crippen LogP contribution >= 0.6 is 0 Å². The van der Waals surface area contributed by atoms with Gasteiger partial charge in [0.1, 0.15) is 5.75 Å². The highest BCUT2D eigenvalue weighted by Crippen LogP contribution is 2.55. The third-order valence-corrected chi connectivity index (χ3v) is 4.44. The molecule has 1 aromatic carbocycles. The summed E-state index contributed by atoms with van der Waals surface area (Å²) in [5.74, 6) is 1.49. The summed E-state index contributed by atoms with van der Waals surface area (Å²) < 4.78 is 5.61. The van der Waals surface area contributed by atoms with Gasteiger partial charge >= 0.3 is 0 Å². The van der Waals surface area contributed by atoms with Crippen molar-refractivity contribution in [3.05, 3.63) is 29.3 Å². The first kappa shape index (κ1) is 14.4. The van der Waals surface area contributed by atoms with Gasteiger partial charge in [-0.2, -0.15) is 0 Å². The van der Waals surface area contributed by atoms with Gasteiger partial charge in [-0.3, -0.25) is 0 Å². The van der Waals surface area contributed by atoms with Gasteiger partial charge in [-0.1, -0.05) is 26.0 Å². The van der Waals surface area contributed by atoms with Gasteiger partial charge in [0.15, 0.2) is 0 Å². The molecule has 3 heteroatoms. The molecule has 0 bridgehead atoms. The number of nitrogens with two attached hydrogens (primary N) is 1. The van der Waals surface area contributed by atoms with Crippen molar-refractivity contribution in [3.8, 4) is 5.75 Å². The van der Waals surface area contributed by atoms with Gasteiger partial charge in [-0.25, -0.2) is 0 Å². The number of nitrogens with one attached hydrogen (secondary N) is 1. The molecule has 1 aliphatic carbocycles. The molecule has 3 N–H and O–H groups in total. The van der Waals surface area contributed by atoms with Crippen molar-refractivity contribution >= 4 is 0 Å². The van der Waals surface area contributed by atoms with E-state index in [0.717, 1.165) is 12.3 Å². The van der Waals surface area contributed by atoms with Crippen LogP contribution in [-0.4, -0.2) is 20.7 Å². The molecule has 2 rings (SSSR count). The summed E-state index contributed by atoms with van der Waals surface area (Å²) in [7, 11) is 3.76. The Hall–Kier alpha value is -1.06. The lowest BCUT2D eigenvalue weighted by Crippen LogP contribution is -2.32. The maximum atomic E-state index is 5.97. The lowest BCUT2D eigenvalue weighted by Gasteiger charge is -2.28. The van der Waals surface area contributed by atoms with Crippen LogP contribution in [0.25, 0.3) is 0 Å². The molecule has 0 saturated heterocycles. The van der Waals surface area contributed by atoms with Crippen LogP contribution in [0, 0.1) is 5.41 Å². The molecule has 0 aliphatic heterocycles. The highest BCUT2D eigenvalue weighted by molar-refractivity contribution is 5.42. The summed E-state index contributed by atoms with van der Waals surface area (Å²) in [6.45, 7) is 5.13. The van der Waals surface area contributed by atoms with E-state index in [2.05, 4.69) is 37.4 Å². The Morgan fingerprint density at radius 1 is 1.37 bits per heavy atom. The third-order valence-electron chi connectivity index (χ3n) is 4.44. The second-order valence-electron chi connectivity index (χ2n) is 5.94. The van der Waals surface area contributed by atoms with Crippen LogP contribution in [-0.2, 0) is 0 Å². The smallest absolute Gasteiger partial charge is 0.123 e. The zero-order valence-electron chi connectivity index (χ0n) is 12.5. The molecule has 1 aliphatic rings. The SMILES string of the molecule is CNC(c1ccc(C(C)C)cc1OC)C1(CN)CC1. The maximum absolute atomic E-state index is 5.97. The van der Waals surface area contributed by atoms with E-state index >= 15 is 0 Å². The second kappa shape index (κ2) is 5.51. The number of hydrogen-bond acceptors (Lipinski definition) is 3.